The Bertz CT molecular complexity index is 1120. The van der Waals surface area contributed by atoms with Crippen molar-refractivity contribution >= 4 is 17.3 Å². The van der Waals surface area contributed by atoms with Crippen molar-refractivity contribution in [3.8, 4) is 17.2 Å². The first-order chi connectivity index (χ1) is 13.6. The van der Waals surface area contributed by atoms with Crippen molar-refractivity contribution in [3.63, 3.8) is 0 Å². The van der Waals surface area contributed by atoms with Crippen LogP contribution in [0.5, 0.6) is 17.2 Å². The highest BCUT2D eigenvalue weighted by molar-refractivity contribution is 6.31. The lowest BCUT2D eigenvalue weighted by molar-refractivity contribution is -0.123. The van der Waals surface area contributed by atoms with Crippen molar-refractivity contribution in [3.05, 3.63) is 51.6 Å². The van der Waals surface area contributed by atoms with Crippen LogP contribution < -0.4 is 10.5 Å². The molecule has 2 aliphatic carbocycles. The number of hydrogen-bond acceptors (Lipinski definition) is 8. The van der Waals surface area contributed by atoms with E-state index in [1.807, 2.05) is 0 Å². The quantitative estimate of drug-likeness (QED) is 0.471. The van der Waals surface area contributed by atoms with Crippen LogP contribution in [-0.4, -0.2) is 45.3 Å². The van der Waals surface area contributed by atoms with Gasteiger partial charge in [0.1, 0.15) is 23.0 Å². The fourth-order valence-corrected chi connectivity index (χ4v) is 4.26. The maximum absolute atomic E-state index is 13.2. The number of nitrogens with two attached hydrogens (primary N) is 1. The zero-order valence-electron chi connectivity index (χ0n) is 15.8. The maximum Gasteiger partial charge on any atom is 0.202 e. The van der Waals surface area contributed by atoms with Crippen LogP contribution in [-0.2, 0) is 11.2 Å². The van der Waals surface area contributed by atoms with E-state index in [1.165, 1.54) is 32.2 Å². The van der Waals surface area contributed by atoms with Crippen molar-refractivity contribution in [1.82, 2.24) is 0 Å². The number of aliphatic hydroxyl groups excluding tert-OH is 1. The van der Waals surface area contributed by atoms with Crippen molar-refractivity contribution in [2.75, 3.05) is 7.11 Å². The van der Waals surface area contributed by atoms with Gasteiger partial charge in [0.15, 0.2) is 5.78 Å². The van der Waals surface area contributed by atoms with Gasteiger partial charge in [-0.3, -0.25) is 14.4 Å². The van der Waals surface area contributed by atoms with Gasteiger partial charge in [0.05, 0.1) is 35.4 Å². The van der Waals surface area contributed by atoms with Gasteiger partial charge < -0.3 is 25.8 Å². The van der Waals surface area contributed by atoms with Gasteiger partial charge in [0, 0.05) is 29.5 Å². The Morgan fingerprint density at radius 1 is 1.14 bits per heavy atom. The van der Waals surface area contributed by atoms with Gasteiger partial charge in [-0.05, 0) is 13.0 Å². The Kier molecular flexibility index (Phi) is 4.04. The van der Waals surface area contributed by atoms with Gasteiger partial charge in [-0.25, -0.2) is 0 Å². The first kappa shape index (κ1) is 19.1. The summed E-state index contributed by atoms with van der Waals surface area (Å²) in [7, 11) is 1.35. The maximum atomic E-state index is 13.2. The summed E-state index contributed by atoms with van der Waals surface area (Å²) in [6, 6.07) is 4.47. The largest absolute Gasteiger partial charge is 0.507 e. The van der Waals surface area contributed by atoms with Gasteiger partial charge in [-0.2, -0.15) is 0 Å². The molecule has 150 valence electrons. The van der Waals surface area contributed by atoms with E-state index in [9.17, 15) is 29.7 Å². The molecule has 2 aromatic carbocycles. The number of Topliss-reactive ketones (excluding diaryl/α,β-unsaturated/α-hetero) is 1. The topological polar surface area (TPSA) is 147 Å². The molecule has 4 rings (SSSR count). The summed E-state index contributed by atoms with van der Waals surface area (Å²) >= 11 is 0. The highest BCUT2D eigenvalue weighted by Gasteiger charge is 2.46. The van der Waals surface area contributed by atoms with Crippen LogP contribution in [0.15, 0.2) is 18.2 Å². The molecule has 0 aliphatic heterocycles. The van der Waals surface area contributed by atoms with E-state index in [-0.39, 0.29) is 52.0 Å². The molecule has 2 unspecified atom stereocenters. The van der Waals surface area contributed by atoms with Crippen LogP contribution in [0.1, 0.15) is 62.4 Å². The van der Waals surface area contributed by atoms with E-state index < -0.39 is 40.5 Å². The lowest BCUT2D eigenvalue weighted by Gasteiger charge is -2.37. The monoisotopic (exact) mass is 397 g/mol. The van der Waals surface area contributed by atoms with E-state index in [0.717, 1.165) is 0 Å². The van der Waals surface area contributed by atoms with Gasteiger partial charge >= 0.3 is 0 Å². The van der Waals surface area contributed by atoms with Crippen molar-refractivity contribution < 1.29 is 34.4 Å². The number of carbonyl (C=O) groups excluding carboxylic acids is 3. The summed E-state index contributed by atoms with van der Waals surface area (Å²) in [5.41, 5.74) is 3.78. The Hall–Kier alpha value is -3.23. The third kappa shape index (κ3) is 2.43. The zero-order valence-corrected chi connectivity index (χ0v) is 15.8. The van der Waals surface area contributed by atoms with E-state index in [2.05, 4.69) is 0 Å². The van der Waals surface area contributed by atoms with Crippen LogP contribution in [0.25, 0.3) is 0 Å². The third-order valence-electron chi connectivity index (χ3n) is 5.85. The Morgan fingerprint density at radius 2 is 1.79 bits per heavy atom. The fourth-order valence-electron chi connectivity index (χ4n) is 4.26. The SMILES string of the molecule is COc1cccc2c1C(=O)c1c(O)c3c(c(O)c1C2=O)C(O)CC(N)(C(C)=O)C3. The number of methoxy groups -OCH3 is 1. The predicted octanol–water partition coefficient (Wildman–Crippen LogP) is 1.15. The van der Waals surface area contributed by atoms with Crippen LogP contribution in [0.4, 0.5) is 0 Å². The number of phenols is 2. The van der Waals surface area contributed by atoms with Gasteiger partial charge in [0.25, 0.3) is 0 Å². The minimum absolute atomic E-state index is 0.0165. The molecule has 0 radical (unpaired) electrons. The van der Waals surface area contributed by atoms with Crippen LogP contribution in [0.3, 0.4) is 0 Å². The average Bonchev–Trinajstić information content (AvgIpc) is 2.67. The number of carbonyl (C=O) groups is 3. The Morgan fingerprint density at radius 3 is 2.41 bits per heavy atom. The Balaban J connectivity index is 2.04. The molecular weight excluding hydrogens is 378 g/mol. The molecule has 0 saturated heterocycles. The molecule has 0 saturated carbocycles. The number of aliphatic hydroxyl groups is 1. The van der Waals surface area contributed by atoms with E-state index in [1.54, 1.807) is 0 Å². The predicted molar refractivity (Wildman–Crippen MR) is 101 cm³/mol. The molecule has 8 nitrogen and oxygen atoms in total. The molecule has 0 aromatic heterocycles. The molecule has 5 N–H and O–H groups in total. The summed E-state index contributed by atoms with van der Waals surface area (Å²) in [4.78, 5) is 38.3. The molecule has 0 heterocycles. The summed E-state index contributed by atoms with van der Waals surface area (Å²) in [5.74, 6) is -2.79. The minimum atomic E-state index is -1.47. The number of ether oxygens (including phenoxy) is 1. The van der Waals surface area contributed by atoms with Crippen molar-refractivity contribution in [1.29, 1.82) is 0 Å². The molecule has 0 spiro atoms. The van der Waals surface area contributed by atoms with E-state index >= 15 is 0 Å². The zero-order chi connectivity index (χ0) is 21.2. The number of aromatic hydroxyl groups is 2. The van der Waals surface area contributed by atoms with Gasteiger partial charge in [-0.1, -0.05) is 12.1 Å². The number of benzene rings is 2. The van der Waals surface area contributed by atoms with E-state index in [0.29, 0.717) is 0 Å². The molecule has 0 bridgehead atoms. The number of phenolic OH excluding ortho intramolecular Hbond substituents is 2. The fraction of sp³-hybridized carbons (Fsp3) is 0.286. The molecule has 2 aromatic rings. The average molecular weight is 397 g/mol. The first-order valence-corrected chi connectivity index (χ1v) is 8.97. The molecular formula is C21H19NO7. The smallest absolute Gasteiger partial charge is 0.202 e. The van der Waals surface area contributed by atoms with Gasteiger partial charge in [-0.15, -0.1) is 0 Å². The molecule has 2 atom stereocenters. The summed E-state index contributed by atoms with van der Waals surface area (Å²) in [6.07, 6.45) is -1.77. The van der Waals surface area contributed by atoms with Crippen LogP contribution in [0, 0.1) is 0 Å². The number of ketones is 3. The second-order valence-electron chi connectivity index (χ2n) is 7.49. The second-order valence-corrected chi connectivity index (χ2v) is 7.49. The van der Waals surface area contributed by atoms with E-state index in [4.69, 9.17) is 10.5 Å². The number of fused-ring (bicyclic) bond motifs is 3. The number of hydrogen-bond donors (Lipinski definition) is 4. The molecule has 2 aliphatic rings. The highest BCUT2D eigenvalue weighted by Crippen LogP contribution is 2.50. The lowest BCUT2D eigenvalue weighted by atomic mass is 9.71. The molecule has 29 heavy (non-hydrogen) atoms. The van der Waals surface area contributed by atoms with Crippen molar-refractivity contribution in [2.45, 2.75) is 31.4 Å². The summed E-state index contributed by atoms with van der Waals surface area (Å²) in [6.45, 7) is 1.27. The summed E-state index contributed by atoms with van der Waals surface area (Å²) < 4.78 is 5.19. The first-order valence-electron chi connectivity index (χ1n) is 8.97. The molecule has 0 amide bonds. The second kappa shape index (κ2) is 6.13. The molecule has 0 fully saturated rings. The molecule has 8 heteroatoms. The summed E-state index contributed by atoms with van der Waals surface area (Å²) in [5, 5.41) is 32.3. The Labute approximate surface area is 165 Å². The standard InChI is InChI=1S/C21H19NO7/c1-8(23)21(22)6-10-13(11(24)7-21)19(27)15-16(18(10)26)20(28)14-9(17(15)25)4-3-5-12(14)29-2/h3-5,11,24,26-27H,6-7,22H2,1-2H3. The van der Waals surface area contributed by atoms with Gasteiger partial charge in [0.2, 0.25) is 5.78 Å². The highest BCUT2D eigenvalue weighted by atomic mass is 16.5. The minimum Gasteiger partial charge on any atom is -0.507 e. The van der Waals surface area contributed by atoms with Crippen molar-refractivity contribution in [2.24, 2.45) is 5.73 Å². The van der Waals surface area contributed by atoms with Crippen LogP contribution >= 0.6 is 0 Å². The number of rotatable bonds is 2. The lowest BCUT2D eigenvalue weighted by Crippen LogP contribution is -2.52. The van der Waals surface area contributed by atoms with Crippen LogP contribution in [0.2, 0.25) is 0 Å². The third-order valence-corrected chi connectivity index (χ3v) is 5.85. The normalized spacial score (nSPS) is 22.6.